The van der Waals surface area contributed by atoms with Crippen molar-refractivity contribution in [1.29, 1.82) is 0 Å². The van der Waals surface area contributed by atoms with Crippen LogP contribution in [0, 0.1) is 26.7 Å². The zero-order valence-electron chi connectivity index (χ0n) is 14.1. The fourth-order valence-electron chi connectivity index (χ4n) is 3.75. The van der Waals surface area contributed by atoms with E-state index in [1.165, 1.54) is 12.8 Å². The second-order valence-corrected chi connectivity index (χ2v) is 7.04. The van der Waals surface area contributed by atoms with Crippen LogP contribution in [0.25, 0.3) is 10.9 Å². The summed E-state index contributed by atoms with van der Waals surface area (Å²) in [6.07, 6.45) is 2.55. The van der Waals surface area contributed by atoms with Gasteiger partial charge in [0.2, 0.25) is 0 Å². The van der Waals surface area contributed by atoms with E-state index < -0.39 is 0 Å². The summed E-state index contributed by atoms with van der Waals surface area (Å²) in [6.45, 7) is 11.4. The van der Waals surface area contributed by atoms with Gasteiger partial charge in [0.15, 0.2) is 5.43 Å². The molecule has 1 aromatic heterocycles. The molecule has 2 aromatic rings. The Morgan fingerprint density at radius 1 is 1.27 bits per heavy atom. The molecule has 1 saturated heterocycles. The van der Waals surface area contributed by atoms with Gasteiger partial charge < -0.3 is 4.98 Å². The first-order valence-corrected chi connectivity index (χ1v) is 8.30. The Hall–Kier alpha value is -1.61. The predicted molar refractivity (Wildman–Crippen MR) is 92.5 cm³/mol. The number of rotatable bonds is 2. The van der Waals surface area contributed by atoms with Crippen molar-refractivity contribution < 1.29 is 0 Å². The molecular weight excluding hydrogens is 272 g/mol. The number of nitrogens with zero attached hydrogens (tertiary/aromatic N) is 1. The minimum Gasteiger partial charge on any atom is -0.358 e. The fourth-order valence-corrected chi connectivity index (χ4v) is 3.75. The Bertz CT molecular complexity index is 760. The van der Waals surface area contributed by atoms with Crippen LogP contribution in [-0.2, 0) is 6.54 Å². The van der Waals surface area contributed by atoms with Gasteiger partial charge in [-0.15, -0.1) is 0 Å². The SMILES string of the molecule is Cc1cc(C)c2[nH]c(C)c(CN3CCC[C@H](C)C3)c(=O)c2c1. The molecule has 0 bridgehead atoms. The quantitative estimate of drug-likeness (QED) is 0.918. The summed E-state index contributed by atoms with van der Waals surface area (Å²) >= 11 is 0. The lowest BCUT2D eigenvalue weighted by Gasteiger charge is -2.31. The Balaban J connectivity index is 2.04. The molecule has 0 saturated carbocycles. The number of piperidine rings is 1. The lowest BCUT2D eigenvalue weighted by molar-refractivity contribution is 0.176. The Morgan fingerprint density at radius 3 is 2.77 bits per heavy atom. The maximum Gasteiger partial charge on any atom is 0.194 e. The number of hydrogen-bond donors (Lipinski definition) is 1. The fraction of sp³-hybridized carbons (Fsp3) is 0.526. The van der Waals surface area contributed by atoms with E-state index in [4.69, 9.17) is 0 Å². The smallest absolute Gasteiger partial charge is 0.194 e. The van der Waals surface area contributed by atoms with Gasteiger partial charge in [-0.05, 0) is 63.3 Å². The molecule has 1 atom stereocenters. The Morgan fingerprint density at radius 2 is 2.05 bits per heavy atom. The Kier molecular flexibility index (Phi) is 4.09. The van der Waals surface area contributed by atoms with Crippen molar-refractivity contribution in [3.63, 3.8) is 0 Å². The van der Waals surface area contributed by atoms with Gasteiger partial charge in [0.05, 0.1) is 5.52 Å². The number of hydrogen-bond acceptors (Lipinski definition) is 2. The number of H-pyrrole nitrogens is 1. The van der Waals surface area contributed by atoms with Crippen LogP contribution in [0.2, 0.25) is 0 Å². The molecule has 0 unspecified atom stereocenters. The van der Waals surface area contributed by atoms with E-state index in [2.05, 4.69) is 36.7 Å². The molecular formula is C19H26N2O. The predicted octanol–water partition coefficient (Wildman–Crippen LogP) is 3.69. The molecule has 0 amide bonds. The van der Waals surface area contributed by atoms with Crippen molar-refractivity contribution in [1.82, 2.24) is 9.88 Å². The van der Waals surface area contributed by atoms with Gasteiger partial charge in [0, 0.05) is 29.7 Å². The number of aromatic amines is 1. The standard InChI is InChI=1S/C19H26N2O/c1-12-6-5-7-21(10-12)11-17-15(4)20-18-14(3)8-13(2)9-16(18)19(17)22/h8-9,12H,5-7,10-11H2,1-4H3,(H,20,22)/t12-/m0/s1. The van der Waals surface area contributed by atoms with Crippen molar-refractivity contribution in [2.75, 3.05) is 13.1 Å². The molecule has 1 aromatic carbocycles. The Labute approximate surface area is 132 Å². The molecule has 0 radical (unpaired) electrons. The van der Waals surface area contributed by atoms with Crippen molar-refractivity contribution >= 4 is 10.9 Å². The van der Waals surface area contributed by atoms with Gasteiger partial charge >= 0.3 is 0 Å². The van der Waals surface area contributed by atoms with E-state index in [9.17, 15) is 4.79 Å². The number of aromatic nitrogens is 1. The van der Waals surface area contributed by atoms with Crippen molar-refractivity contribution in [2.24, 2.45) is 5.92 Å². The van der Waals surface area contributed by atoms with Gasteiger partial charge in [0.1, 0.15) is 0 Å². The molecule has 0 spiro atoms. The minimum atomic E-state index is 0.205. The van der Waals surface area contributed by atoms with Crippen molar-refractivity contribution in [2.45, 2.75) is 47.1 Å². The molecule has 22 heavy (non-hydrogen) atoms. The van der Waals surface area contributed by atoms with Crippen molar-refractivity contribution in [3.8, 4) is 0 Å². The van der Waals surface area contributed by atoms with Crippen LogP contribution in [0.1, 0.15) is 42.1 Å². The van der Waals surface area contributed by atoms with Gasteiger partial charge in [-0.3, -0.25) is 9.69 Å². The summed E-state index contributed by atoms with van der Waals surface area (Å²) in [5.74, 6) is 0.734. The molecule has 3 nitrogen and oxygen atoms in total. The highest BCUT2D eigenvalue weighted by molar-refractivity contribution is 5.83. The third-order valence-corrected chi connectivity index (χ3v) is 4.89. The number of pyridine rings is 1. The van der Waals surface area contributed by atoms with Crippen LogP contribution >= 0.6 is 0 Å². The van der Waals surface area contributed by atoms with E-state index in [0.717, 1.165) is 58.8 Å². The summed E-state index contributed by atoms with van der Waals surface area (Å²) in [6, 6.07) is 4.15. The highest BCUT2D eigenvalue weighted by Crippen LogP contribution is 2.21. The van der Waals surface area contributed by atoms with Gasteiger partial charge in [-0.1, -0.05) is 13.0 Å². The number of likely N-dealkylation sites (tertiary alicyclic amines) is 1. The first-order chi connectivity index (χ1) is 10.5. The maximum absolute atomic E-state index is 13.0. The average molecular weight is 298 g/mol. The van der Waals surface area contributed by atoms with E-state index in [1.54, 1.807) is 0 Å². The average Bonchev–Trinajstić information content (AvgIpc) is 2.45. The number of benzene rings is 1. The summed E-state index contributed by atoms with van der Waals surface area (Å²) in [5.41, 5.74) is 5.44. The minimum absolute atomic E-state index is 0.205. The molecule has 2 heterocycles. The van der Waals surface area contributed by atoms with Gasteiger partial charge in [-0.2, -0.15) is 0 Å². The summed E-state index contributed by atoms with van der Waals surface area (Å²) < 4.78 is 0. The molecule has 1 aliphatic heterocycles. The van der Waals surface area contributed by atoms with Crippen LogP contribution in [0.4, 0.5) is 0 Å². The maximum atomic E-state index is 13.0. The third kappa shape index (κ3) is 2.82. The van der Waals surface area contributed by atoms with E-state index in [1.807, 2.05) is 13.0 Å². The largest absolute Gasteiger partial charge is 0.358 e. The van der Waals surface area contributed by atoms with E-state index in [0.29, 0.717) is 0 Å². The molecule has 3 rings (SSSR count). The monoisotopic (exact) mass is 298 g/mol. The van der Waals surface area contributed by atoms with Crippen LogP contribution in [-0.4, -0.2) is 23.0 Å². The molecule has 0 aliphatic carbocycles. The number of nitrogens with one attached hydrogen (secondary N) is 1. The van der Waals surface area contributed by atoms with E-state index >= 15 is 0 Å². The van der Waals surface area contributed by atoms with E-state index in [-0.39, 0.29) is 5.43 Å². The molecule has 3 heteroatoms. The second-order valence-electron chi connectivity index (χ2n) is 7.04. The van der Waals surface area contributed by atoms with Crippen LogP contribution in [0.15, 0.2) is 16.9 Å². The molecule has 1 fully saturated rings. The molecule has 1 aliphatic rings. The first kappa shape index (κ1) is 15.3. The van der Waals surface area contributed by atoms with Gasteiger partial charge in [-0.25, -0.2) is 0 Å². The summed E-state index contributed by atoms with van der Waals surface area (Å²) in [7, 11) is 0. The van der Waals surface area contributed by atoms with Crippen molar-refractivity contribution in [3.05, 3.63) is 44.7 Å². The van der Waals surface area contributed by atoms with Crippen LogP contribution in [0.3, 0.4) is 0 Å². The van der Waals surface area contributed by atoms with Gasteiger partial charge in [0.25, 0.3) is 0 Å². The molecule has 1 N–H and O–H groups in total. The first-order valence-electron chi connectivity index (χ1n) is 8.30. The highest BCUT2D eigenvalue weighted by Gasteiger charge is 2.19. The lowest BCUT2D eigenvalue weighted by Crippen LogP contribution is -2.35. The highest BCUT2D eigenvalue weighted by atomic mass is 16.1. The van der Waals surface area contributed by atoms with Crippen LogP contribution in [0.5, 0.6) is 0 Å². The zero-order chi connectivity index (χ0) is 15.9. The summed E-state index contributed by atoms with van der Waals surface area (Å²) in [5, 5.41) is 0.836. The zero-order valence-corrected chi connectivity index (χ0v) is 14.1. The molecule has 118 valence electrons. The normalized spacial score (nSPS) is 19.7. The topological polar surface area (TPSA) is 36.1 Å². The second kappa shape index (κ2) is 5.88. The number of fused-ring (bicyclic) bond motifs is 1. The van der Waals surface area contributed by atoms with Crippen LogP contribution < -0.4 is 5.43 Å². The lowest BCUT2D eigenvalue weighted by atomic mass is 9.98. The number of aryl methyl sites for hydroxylation is 3. The third-order valence-electron chi connectivity index (χ3n) is 4.89. The summed E-state index contributed by atoms with van der Waals surface area (Å²) in [4.78, 5) is 18.9.